The molecular weight excluding hydrogens is 1110 g/mol. The third-order valence-corrected chi connectivity index (χ3v) is 10.8. The van der Waals surface area contributed by atoms with Crippen LogP contribution in [0.5, 0.6) is 0 Å². The first kappa shape index (κ1) is 53.9. The fourth-order valence-corrected chi connectivity index (χ4v) is 7.81. The first-order valence-electron chi connectivity index (χ1n) is 21.4. The summed E-state index contributed by atoms with van der Waals surface area (Å²) in [7, 11) is 0. The van der Waals surface area contributed by atoms with Crippen LogP contribution in [0, 0.1) is 83.1 Å². The Bertz CT molecular complexity index is 2420. The molecule has 9 aromatic rings. The van der Waals surface area contributed by atoms with Gasteiger partial charge in [0.2, 0.25) is 0 Å². The molecule has 0 aromatic carbocycles. The van der Waals surface area contributed by atoms with Gasteiger partial charge in [0.1, 0.15) is 0 Å². The molecule has 0 atom stereocenters. The van der Waals surface area contributed by atoms with Gasteiger partial charge >= 0.3 is 67.1 Å². The second-order valence-corrected chi connectivity index (χ2v) is 16.8. The van der Waals surface area contributed by atoms with Gasteiger partial charge in [-0.2, -0.15) is 30.6 Å². The van der Waals surface area contributed by atoms with Gasteiger partial charge in [-0.1, -0.05) is 36.4 Å². The Morgan fingerprint density at radius 2 is 0.409 bits per heavy atom. The van der Waals surface area contributed by atoms with E-state index in [1.807, 2.05) is 69.6 Å². The van der Waals surface area contributed by atoms with Crippen LogP contribution in [0.25, 0.3) is 0 Å². The quantitative estimate of drug-likeness (QED) is 0.117. The second kappa shape index (κ2) is 23.9. The van der Waals surface area contributed by atoms with Crippen molar-refractivity contribution < 1.29 is 67.1 Å². The van der Waals surface area contributed by atoms with E-state index in [1.54, 1.807) is 0 Å². The zero-order chi connectivity index (χ0) is 44.9. The number of rotatable bonds is 12. The Balaban J connectivity index is 0.000000212. The van der Waals surface area contributed by atoms with Gasteiger partial charge in [0.15, 0.2) is 0 Å². The van der Waals surface area contributed by atoms with Gasteiger partial charge in [-0.3, -0.25) is 28.1 Å². The normalized spacial score (nSPS) is 10.7. The minimum Gasteiger partial charge on any atom is -0.662 e. The first-order chi connectivity index (χ1) is 30.0. The summed E-state index contributed by atoms with van der Waals surface area (Å²) in [5.41, 5.74) is 19.5. The average molecular weight is 1170 g/mol. The fraction of sp³-hybridized carbons (Fsp3) is 0.375. The molecule has 15 nitrogen and oxygen atoms in total. The SMILES string of the molecule is Cc1cc(C)n(Cc2ccc(Cn3nc(C)cc3C)[n-]2)n1.Cc1cc(C)n(Cc2ccc(Cn3nc(C)cc3C)[n-]2)n1.Cc1cc(C)n(Cc2ccc(Cn3nc(C)cc3C)[n-]2)n1.[Ag+].[Ag+].[Ag+]. The summed E-state index contributed by atoms with van der Waals surface area (Å²) in [5.74, 6) is 0. The second-order valence-electron chi connectivity index (χ2n) is 16.8. The van der Waals surface area contributed by atoms with Gasteiger partial charge in [0.25, 0.3) is 0 Å². The van der Waals surface area contributed by atoms with E-state index >= 15 is 0 Å². The zero-order valence-corrected chi connectivity index (χ0v) is 44.2. The summed E-state index contributed by atoms with van der Waals surface area (Å²) >= 11 is 0. The van der Waals surface area contributed by atoms with Crippen molar-refractivity contribution in [3.8, 4) is 0 Å². The summed E-state index contributed by atoms with van der Waals surface area (Å²) in [6, 6.07) is 24.9. The van der Waals surface area contributed by atoms with Crippen molar-refractivity contribution in [2.45, 2.75) is 122 Å². The van der Waals surface area contributed by atoms with Crippen molar-refractivity contribution in [1.82, 2.24) is 73.6 Å². The molecule has 66 heavy (non-hydrogen) atoms. The zero-order valence-electron chi connectivity index (χ0n) is 39.8. The van der Waals surface area contributed by atoms with Crippen LogP contribution in [0.4, 0.5) is 0 Å². The van der Waals surface area contributed by atoms with E-state index in [9.17, 15) is 0 Å². The number of hydrogen-bond acceptors (Lipinski definition) is 6. The molecule has 0 aliphatic rings. The van der Waals surface area contributed by atoms with E-state index in [-0.39, 0.29) is 67.1 Å². The van der Waals surface area contributed by atoms with Crippen molar-refractivity contribution in [3.63, 3.8) is 0 Å². The molecule has 0 saturated carbocycles. The number of hydrogen-bond donors (Lipinski definition) is 0. The Morgan fingerprint density at radius 3 is 0.515 bits per heavy atom. The van der Waals surface area contributed by atoms with Crippen molar-refractivity contribution in [1.29, 1.82) is 0 Å². The molecule has 0 fully saturated rings. The fourth-order valence-electron chi connectivity index (χ4n) is 7.81. The van der Waals surface area contributed by atoms with E-state index < -0.39 is 0 Å². The minimum atomic E-state index is 0. The Hall–Kier alpha value is -4.68. The summed E-state index contributed by atoms with van der Waals surface area (Å²) < 4.78 is 11.9. The van der Waals surface area contributed by atoms with Crippen LogP contribution in [0.1, 0.15) is 102 Å². The molecule has 360 valence electrons. The third-order valence-electron chi connectivity index (χ3n) is 10.8. The Kier molecular flexibility index (Phi) is 19.5. The molecule has 0 N–H and O–H groups in total. The molecule has 9 heterocycles. The van der Waals surface area contributed by atoms with Gasteiger partial charge in [-0.25, -0.2) is 0 Å². The van der Waals surface area contributed by atoms with E-state index in [4.69, 9.17) is 0 Å². The van der Waals surface area contributed by atoms with Gasteiger partial charge in [0, 0.05) is 73.4 Å². The molecule has 9 aromatic heterocycles. The molecular formula is C48H60Ag3N15. The smallest absolute Gasteiger partial charge is 0.662 e. The summed E-state index contributed by atoms with van der Waals surface area (Å²) in [4.78, 5) is 14.0. The number of aromatic nitrogens is 15. The molecule has 0 saturated heterocycles. The van der Waals surface area contributed by atoms with Crippen LogP contribution in [0.2, 0.25) is 0 Å². The predicted octanol–water partition coefficient (Wildman–Crippen LogP) is 7.09. The molecule has 0 amide bonds. The predicted molar refractivity (Wildman–Crippen MR) is 244 cm³/mol. The largest absolute Gasteiger partial charge is 1.00 e. The van der Waals surface area contributed by atoms with Crippen molar-refractivity contribution in [2.75, 3.05) is 0 Å². The van der Waals surface area contributed by atoms with Crippen molar-refractivity contribution >= 4 is 0 Å². The molecule has 18 heteroatoms. The minimum absolute atomic E-state index is 0. The Labute approximate surface area is 435 Å². The molecule has 0 spiro atoms. The van der Waals surface area contributed by atoms with Crippen LogP contribution in [0.15, 0.2) is 72.8 Å². The van der Waals surface area contributed by atoms with E-state index in [0.717, 1.165) is 142 Å². The molecule has 0 aliphatic heterocycles. The van der Waals surface area contributed by atoms with Gasteiger partial charge in [-0.05, 0) is 119 Å². The maximum absolute atomic E-state index is 4.68. The van der Waals surface area contributed by atoms with Gasteiger partial charge < -0.3 is 15.0 Å². The monoisotopic (exact) mass is 1170 g/mol. The van der Waals surface area contributed by atoms with Crippen LogP contribution in [-0.4, -0.2) is 58.7 Å². The third kappa shape index (κ3) is 14.4. The average Bonchev–Trinajstić information content (AvgIpc) is 4.09. The van der Waals surface area contributed by atoms with Crippen molar-refractivity contribution in [3.05, 3.63) is 175 Å². The molecule has 0 bridgehead atoms. The maximum Gasteiger partial charge on any atom is 1.00 e. The number of nitrogens with zero attached hydrogens (tertiary/aromatic N) is 15. The van der Waals surface area contributed by atoms with Crippen molar-refractivity contribution in [2.24, 2.45) is 0 Å². The molecule has 0 unspecified atom stereocenters. The summed E-state index contributed by atoms with van der Waals surface area (Å²) in [6.45, 7) is 28.8. The number of aryl methyl sites for hydroxylation is 12. The summed E-state index contributed by atoms with van der Waals surface area (Å²) in [5, 5.41) is 26.9. The van der Waals surface area contributed by atoms with E-state index in [1.165, 1.54) is 0 Å². The van der Waals surface area contributed by atoms with Gasteiger partial charge in [-0.15, -0.1) is 34.2 Å². The Morgan fingerprint density at radius 1 is 0.273 bits per heavy atom. The van der Waals surface area contributed by atoms with E-state index in [2.05, 4.69) is 160 Å². The van der Waals surface area contributed by atoms with Crippen LogP contribution in [0.3, 0.4) is 0 Å². The molecule has 0 radical (unpaired) electrons. The van der Waals surface area contributed by atoms with E-state index in [0.29, 0.717) is 0 Å². The standard InChI is InChI=1S/3C16H20N5.3Ag/c3*1-11-7-13(3)20(18-11)9-15-5-6-16(17-15)10-21-14(4)8-12(2)19-21;;;/h3*5-8H,9-10H2,1-4H3;;;/q3*-1;3*+1. The van der Waals surface area contributed by atoms with Crippen LogP contribution >= 0.6 is 0 Å². The van der Waals surface area contributed by atoms with Crippen LogP contribution < -0.4 is 15.0 Å². The van der Waals surface area contributed by atoms with Crippen LogP contribution in [-0.2, 0) is 106 Å². The van der Waals surface area contributed by atoms with Gasteiger partial charge in [0.05, 0.1) is 34.2 Å². The summed E-state index contributed by atoms with van der Waals surface area (Å²) in [6.07, 6.45) is 0. The molecule has 0 aliphatic carbocycles. The topological polar surface area (TPSA) is 149 Å². The first-order valence-corrected chi connectivity index (χ1v) is 21.4. The molecule has 9 rings (SSSR count). The maximum atomic E-state index is 4.68.